The molecular weight excluding hydrogens is 262 g/mol. The number of aliphatic hydroxyl groups is 2. The molecule has 0 unspecified atom stereocenters. The molecule has 0 heterocycles. The van der Waals surface area contributed by atoms with Gasteiger partial charge < -0.3 is 20.4 Å². The highest BCUT2D eigenvalue weighted by molar-refractivity contribution is 5.66. The first kappa shape index (κ1) is 22.9. The van der Waals surface area contributed by atoms with E-state index in [2.05, 4.69) is 15.3 Å². The van der Waals surface area contributed by atoms with Gasteiger partial charge in [-0.15, -0.1) is 0 Å². The van der Waals surface area contributed by atoms with Crippen molar-refractivity contribution in [3.63, 3.8) is 0 Å². The molecule has 9 heteroatoms. The lowest BCUT2D eigenvalue weighted by Crippen LogP contribution is -2.19. The van der Waals surface area contributed by atoms with E-state index in [0.717, 1.165) is 0 Å². The number of rotatable bonds is 8. The summed E-state index contributed by atoms with van der Waals surface area (Å²) in [5, 5.41) is 31.8. The number of carbonyl (C=O) groups is 2. The minimum atomic E-state index is -0.745. The maximum absolute atomic E-state index is 9.37. The summed E-state index contributed by atoms with van der Waals surface area (Å²) < 4.78 is 0. The van der Waals surface area contributed by atoms with Crippen LogP contribution in [0.15, 0.2) is 0 Å². The van der Waals surface area contributed by atoms with Gasteiger partial charge in [0.25, 0.3) is 0 Å². The summed E-state index contributed by atoms with van der Waals surface area (Å²) in [6.07, 6.45) is 0.444. The zero-order chi connectivity index (χ0) is 15.5. The Balaban J connectivity index is -0.000000219. The third kappa shape index (κ3) is 47.6. The van der Waals surface area contributed by atoms with Crippen molar-refractivity contribution >= 4 is 11.9 Å². The smallest absolute Gasteiger partial charge is 0.303 e. The van der Waals surface area contributed by atoms with Gasteiger partial charge in [-0.2, -0.15) is 0 Å². The fourth-order valence-corrected chi connectivity index (χ4v) is 0.216. The number of hydrogen-bond donors (Lipinski definition) is 5. The normalized spacial score (nSPS) is 8.63. The minimum Gasteiger partial charge on any atom is -0.481 e. The van der Waals surface area contributed by atoms with Crippen molar-refractivity contribution in [2.24, 2.45) is 0 Å². The average molecular weight is 285 g/mol. The molecular formula is C10H23NO8. The zero-order valence-electron chi connectivity index (χ0n) is 11.2. The molecule has 0 saturated heterocycles. The van der Waals surface area contributed by atoms with Gasteiger partial charge in [0.05, 0.1) is 26.4 Å². The maximum Gasteiger partial charge on any atom is 0.303 e. The first-order valence-corrected chi connectivity index (χ1v) is 5.59. The van der Waals surface area contributed by atoms with E-state index in [4.69, 9.17) is 20.4 Å². The molecule has 19 heavy (non-hydrogen) atoms. The highest BCUT2D eigenvalue weighted by atomic mass is 16.9. The van der Waals surface area contributed by atoms with Gasteiger partial charge in [0.1, 0.15) is 0 Å². The molecule has 5 N–H and O–H groups in total. The van der Waals surface area contributed by atoms with Crippen LogP contribution in [0.2, 0.25) is 0 Å². The van der Waals surface area contributed by atoms with E-state index >= 15 is 0 Å². The molecule has 0 atom stereocenters. The summed E-state index contributed by atoms with van der Waals surface area (Å²) in [6, 6.07) is 0. The zero-order valence-corrected chi connectivity index (χ0v) is 11.2. The second-order valence-electron chi connectivity index (χ2n) is 2.72. The van der Waals surface area contributed by atoms with Crippen molar-refractivity contribution in [3.8, 4) is 0 Å². The first-order chi connectivity index (χ1) is 8.95. The predicted octanol–water partition coefficient (Wildman–Crippen LogP) is -0.614. The molecule has 0 bridgehead atoms. The number of carboxylic acids is 2. The molecule has 0 aliphatic carbocycles. The summed E-state index contributed by atoms with van der Waals surface area (Å²) in [6.45, 7) is 3.42. The van der Waals surface area contributed by atoms with Gasteiger partial charge in [-0.3, -0.25) is 19.3 Å². The van der Waals surface area contributed by atoms with Gasteiger partial charge in [0.15, 0.2) is 0 Å². The minimum absolute atomic E-state index is 0.0600. The second-order valence-corrected chi connectivity index (χ2v) is 2.72. The Labute approximate surface area is 111 Å². The van der Waals surface area contributed by atoms with E-state index in [-0.39, 0.29) is 39.3 Å². The molecule has 0 aromatic rings. The molecule has 0 saturated carbocycles. The van der Waals surface area contributed by atoms with Crippen molar-refractivity contribution in [2.45, 2.75) is 26.7 Å². The molecule has 0 aromatic carbocycles. The Hall–Kier alpha value is -1.26. The first-order valence-electron chi connectivity index (χ1n) is 5.59. The number of aliphatic carboxylic acids is 2. The van der Waals surface area contributed by atoms with Gasteiger partial charge in [-0.1, -0.05) is 19.5 Å². The maximum atomic E-state index is 9.37. The molecule has 0 radical (unpaired) electrons. The SMILES string of the molecule is CCC(=O)O.CCC(=O)O.OCCONOCCO. The molecule has 0 aliphatic rings. The van der Waals surface area contributed by atoms with E-state index < -0.39 is 11.9 Å². The number of carboxylic acid groups (broad SMARTS) is 2. The lowest BCUT2D eigenvalue weighted by atomic mass is 10.5. The van der Waals surface area contributed by atoms with Crippen molar-refractivity contribution in [2.75, 3.05) is 26.4 Å². The van der Waals surface area contributed by atoms with Crippen molar-refractivity contribution in [1.82, 2.24) is 5.64 Å². The number of aliphatic hydroxyl groups excluding tert-OH is 2. The standard InChI is InChI=1S/C4H11NO4.2C3H6O2/c6-1-3-8-5-9-4-2-7;2*1-2-3(4)5/h5-7H,1-4H2;2*2H2,1H3,(H,4,5). The van der Waals surface area contributed by atoms with Gasteiger partial charge in [-0.25, -0.2) is 0 Å². The summed E-state index contributed by atoms with van der Waals surface area (Å²) in [4.78, 5) is 27.6. The fourth-order valence-electron chi connectivity index (χ4n) is 0.216. The van der Waals surface area contributed by atoms with Crippen LogP contribution in [0.3, 0.4) is 0 Å². The van der Waals surface area contributed by atoms with Gasteiger partial charge in [0.2, 0.25) is 0 Å². The van der Waals surface area contributed by atoms with E-state index in [9.17, 15) is 9.59 Å². The Morgan fingerprint density at radius 1 is 0.895 bits per heavy atom. The largest absolute Gasteiger partial charge is 0.481 e. The van der Waals surface area contributed by atoms with Crippen LogP contribution in [0, 0.1) is 0 Å². The lowest BCUT2D eigenvalue weighted by Gasteiger charge is -2.01. The van der Waals surface area contributed by atoms with Crippen LogP contribution in [-0.4, -0.2) is 58.8 Å². The molecule has 0 spiro atoms. The topological polar surface area (TPSA) is 146 Å². The molecule has 0 fully saturated rings. The third-order valence-corrected chi connectivity index (χ3v) is 1.11. The highest BCUT2D eigenvalue weighted by Crippen LogP contribution is 1.68. The molecule has 9 nitrogen and oxygen atoms in total. The Kier molecular flexibility index (Phi) is 26.5. The van der Waals surface area contributed by atoms with E-state index in [1.165, 1.54) is 0 Å². The highest BCUT2D eigenvalue weighted by Gasteiger charge is 1.83. The summed E-state index contributed by atoms with van der Waals surface area (Å²) in [5.41, 5.74) is 2.07. The molecule has 0 amide bonds. The average Bonchev–Trinajstić information content (AvgIpc) is 2.40. The van der Waals surface area contributed by atoms with E-state index in [1.54, 1.807) is 13.8 Å². The molecule has 0 rings (SSSR count). The van der Waals surface area contributed by atoms with Crippen LogP contribution in [0.25, 0.3) is 0 Å². The van der Waals surface area contributed by atoms with Crippen molar-refractivity contribution in [1.29, 1.82) is 0 Å². The van der Waals surface area contributed by atoms with Crippen LogP contribution in [-0.2, 0) is 19.3 Å². The van der Waals surface area contributed by atoms with Gasteiger partial charge in [-0.05, 0) is 0 Å². The Bertz CT molecular complexity index is 180. The molecule has 0 aromatic heterocycles. The Morgan fingerprint density at radius 2 is 1.16 bits per heavy atom. The van der Waals surface area contributed by atoms with E-state index in [0.29, 0.717) is 0 Å². The monoisotopic (exact) mass is 285 g/mol. The number of nitrogens with one attached hydrogen (secondary N) is 1. The quantitative estimate of drug-likeness (QED) is 0.291. The summed E-state index contributed by atoms with van der Waals surface area (Å²) >= 11 is 0. The van der Waals surface area contributed by atoms with E-state index in [1.807, 2.05) is 0 Å². The fraction of sp³-hybridized carbons (Fsp3) is 0.800. The summed E-state index contributed by atoms with van der Waals surface area (Å²) in [7, 11) is 0. The molecule has 116 valence electrons. The second kappa shape index (κ2) is 22.0. The Morgan fingerprint density at radius 3 is 1.32 bits per heavy atom. The van der Waals surface area contributed by atoms with Crippen molar-refractivity contribution < 1.29 is 39.7 Å². The predicted molar refractivity (Wildman–Crippen MR) is 65.1 cm³/mol. The molecule has 0 aliphatic heterocycles. The van der Waals surface area contributed by atoms with Gasteiger partial charge in [0, 0.05) is 12.8 Å². The third-order valence-electron chi connectivity index (χ3n) is 1.11. The van der Waals surface area contributed by atoms with Crippen LogP contribution in [0.1, 0.15) is 26.7 Å². The number of hydrogen-bond acceptors (Lipinski definition) is 7. The van der Waals surface area contributed by atoms with Crippen LogP contribution < -0.4 is 5.64 Å². The van der Waals surface area contributed by atoms with Crippen LogP contribution in [0.5, 0.6) is 0 Å². The van der Waals surface area contributed by atoms with Gasteiger partial charge >= 0.3 is 11.9 Å². The van der Waals surface area contributed by atoms with Crippen LogP contribution >= 0.6 is 0 Å². The summed E-state index contributed by atoms with van der Waals surface area (Å²) in [5.74, 6) is -1.49. The lowest BCUT2D eigenvalue weighted by molar-refractivity contribution is -0.178. The van der Waals surface area contributed by atoms with Crippen molar-refractivity contribution in [3.05, 3.63) is 0 Å². The van der Waals surface area contributed by atoms with Crippen LogP contribution in [0.4, 0.5) is 0 Å².